The number of hydrogen-bond acceptors (Lipinski definition) is 3. The summed E-state index contributed by atoms with van der Waals surface area (Å²) in [7, 11) is 0. The lowest BCUT2D eigenvalue weighted by Gasteiger charge is -2.32. The molecule has 1 aromatic rings. The molecule has 3 nitrogen and oxygen atoms in total. The first-order chi connectivity index (χ1) is 9.29. The molecule has 3 unspecified atom stereocenters. The maximum Gasteiger partial charge on any atom is 0.122 e. The zero-order chi connectivity index (χ0) is 13.2. The summed E-state index contributed by atoms with van der Waals surface area (Å²) in [6.45, 7) is 5.52. The number of nitrogens with zero attached hydrogens (tertiary/aromatic N) is 1. The Kier molecular flexibility index (Phi) is 3.76. The lowest BCUT2D eigenvalue weighted by Crippen LogP contribution is -2.38. The van der Waals surface area contributed by atoms with Crippen molar-refractivity contribution in [1.82, 2.24) is 4.90 Å². The number of para-hydroxylation sites is 1. The molecule has 19 heavy (non-hydrogen) atoms. The number of aliphatic hydroxyl groups is 1. The van der Waals surface area contributed by atoms with Crippen LogP contribution < -0.4 is 4.74 Å². The van der Waals surface area contributed by atoms with Crippen molar-refractivity contribution in [2.24, 2.45) is 5.92 Å². The fraction of sp³-hybridized carbons (Fsp3) is 0.625. The van der Waals surface area contributed by atoms with E-state index in [1.165, 1.54) is 12.0 Å². The molecule has 0 saturated carbocycles. The molecule has 3 rings (SSSR count). The Hall–Kier alpha value is -1.06. The van der Waals surface area contributed by atoms with Gasteiger partial charge in [0, 0.05) is 18.5 Å². The van der Waals surface area contributed by atoms with Gasteiger partial charge >= 0.3 is 0 Å². The summed E-state index contributed by atoms with van der Waals surface area (Å²) in [5.41, 5.74) is 1.34. The van der Waals surface area contributed by atoms with Crippen LogP contribution in [0.4, 0.5) is 0 Å². The maximum absolute atomic E-state index is 9.57. The molecule has 2 aliphatic heterocycles. The first-order valence-corrected chi connectivity index (χ1v) is 7.36. The summed E-state index contributed by atoms with van der Waals surface area (Å²) in [5, 5.41) is 9.57. The van der Waals surface area contributed by atoms with Crippen LogP contribution in [0.15, 0.2) is 24.3 Å². The summed E-state index contributed by atoms with van der Waals surface area (Å²) < 4.78 is 5.72. The number of hydrogen-bond donors (Lipinski definition) is 1. The van der Waals surface area contributed by atoms with Gasteiger partial charge in [-0.05, 0) is 36.9 Å². The molecule has 0 spiro atoms. The summed E-state index contributed by atoms with van der Waals surface area (Å²) in [5.74, 6) is 2.20. The van der Waals surface area contributed by atoms with Crippen LogP contribution in [0.5, 0.6) is 5.75 Å². The molecule has 1 N–H and O–H groups in total. The molecule has 2 heterocycles. The van der Waals surface area contributed by atoms with E-state index in [1.807, 2.05) is 6.07 Å². The number of aliphatic hydroxyl groups excluding tert-OH is 1. The molecular formula is C16H23NO2. The number of rotatable bonds is 3. The Bertz CT molecular complexity index is 435. The van der Waals surface area contributed by atoms with Gasteiger partial charge in [-0.1, -0.05) is 25.1 Å². The van der Waals surface area contributed by atoms with Gasteiger partial charge in [-0.15, -0.1) is 0 Å². The zero-order valence-electron chi connectivity index (χ0n) is 11.6. The molecule has 1 aromatic carbocycles. The van der Waals surface area contributed by atoms with Crippen LogP contribution >= 0.6 is 0 Å². The van der Waals surface area contributed by atoms with Crippen molar-refractivity contribution in [1.29, 1.82) is 0 Å². The van der Waals surface area contributed by atoms with Crippen molar-refractivity contribution in [3.63, 3.8) is 0 Å². The van der Waals surface area contributed by atoms with Gasteiger partial charge in [0.2, 0.25) is 0 Å². The molecule has 1 saturated heterocycles. The third-order valence-corrected chi connectivity index (χ3v) is 4.72. The molecule has 1 fully saturated rings. The van der Waals surface area contributed by atoms with E-state index < -0.39 is 0 Å². The van der Waals surface area contributed by atoms with E-state index in [2.05, 4.69) is 30.0 Å². The molecule has 2 aliphatic rings. The van der Waals surface area contributed by atoms with Crippen LogP contribution in [0.1, 0.15) is 31.2 Å². The van der Waals surface area contributed by atoms with Gasteiger partial charge in [-0.3, -0.25) is 4.90 Å². The normalized spacial score (nSPS) is 30.9. The van der Waals surface area contributed by atoms with Gasteiger partial charge in [0.25, 0.3) is 0 Å². The maximum atomic E-state index is 9.57. The molecule has 3 atom stereocenters. The molecule has 0 radical (unpaired) electrons. The van der Waals surface area contributed by atoms with Gasteiger partial charge in [0.15, 0.2) is 0 Å². The first-order valence-electron chi connectivity index (χ1n) is 7.36. The van der Waals surface area contributed by atoms with Crippen LogP contribution in [0.3, 0.4) is 0 Å². The predicted octanol–water partition coefficient (Wildman–Crippen LogP) is 2.26. The minimum Gasteiger partial charge on any atom is -0.493 e. The van der Waals surface area contributed by atoms with E-state index in [4.69, 9.17) is 4.74 Å². The Morgan fingerprint density at radius 1 is 1.32 bits per heavy atom. The summed E-state index contributed by atoms with van der Waals surface area (Å²) in [6, 6.07) is 8.73. The van der Waals surface area contributed by atoms with Crippen molar-refractivity contribution >= 4 is 0 Å². The molecule has 0 aromatic heterocycles. The highest BCUT2D eigenvalue weighted by atomic mass is 16.5. The summed E-state index contributed by atoms with van der Waals surface area (Å²) in [4.78, 5) is 2.47. The van der Waals surface area contributed by atoms with Gasteiger partial charge < -0.3 is 9.84 Å². The van der Waals surface area contributed by atoms with Crippen LogP contribution in [-0.4, -0.2) is 42.4 Å². The second kappa shape index (κ2) is 5.51. The van der Waals surface area contributed by atoms with E-state index >= 15 is 0 Å². The van der Waals surface area contributed by atoms with Crippen LogP contribution in [0.2, 0.25) is 0 Å². The average Bonchev–Trinajstić information content (AvgIpc) is 2.79. The van der Waals surface area contributed by atoms with Crippen LogP contribution in [0, 0.1) is 5.92 Å². The average molecular weight is 261 g/mol. The Morgan fingerprint density at radius 3 is 3.00 bits per heavy atom. The summed E-state index contributed by atoms with van der Waals surface area (Å²) >= 11 is 0. The molecular weight excluding hydrogens is 238 g/mol. The van der Waals surface area contributed by atoms with E-state index in [9.17, 15) is 5.11 Å². The van der Waals surface area contributed by atoms with E-state index in [0.717, 1.165) is 31.9 Å². The van der Waals surface area contributed by atoms with E-state index in [1.54, 1.807) is 0 Å². The van der Waals surface area contributed by atoms with Crippen molar-refractivity contribution in [3.05, 3.63) is 29.8 Å². The van der Waals surface area contributed by atoms with Crippen molar-refractivity contribution < 1.29 is 9.84 Å². The number of ether oxygens (including phenoxy) is 1. The fourth-order valence-corrected chi connectivity index (χ4v) is 3.50. The highest BCUT2D eigenvalue weighted by Crippen LogP contribution is 2.35. The second-order valence-corrected chi connectivity index (χ2v) is 5.88. The quantitative estimate of drug-likeness (QED) is 0.906. The molecule has 0 bridgehead atoms. The first kappa shape index (κ1) is 12.9. The lowest BCUT2D eigenvalue weighted by atomic mass is 9.92. The smallest absolute Gasteiger partial charge is 0.122 e. The van der Waals surface area contributed by atoms with Gasteiger partial charge in [0.05, 0.1) is 13.2 Å². The Balaban J connectivity index is 1.74. The molecule has 0 aliphatic carbocycles. The SMILES string of the molecule is CC1CCN(CC2CCOc3ccccc32)C1CO. The molecule has 0 amide bonds. The van der Waals surface area contributed by atoms with E-state index in [0.29, 0.717) is 17.9 Å². The van der Waals surface area contributed by atoms with Gasteiger partial charge in [0.1, 0.15) is 5.75 Å². The number of benzene rings is 1. The van der Waals surface area contributed by atoms with Crippen molar-refractivity contribution in [2.45, 2.75) is 31.7 Å². The highest BCUT2D eigenvalue weighted by molar-refractivity contribution is 5.38. The monoisotopic (exact) mass is 261 g/mol. The zero-order valence-corrected chi connectivity index (χ0v) is 11.6. The standard InChI is InChI=1S/C16H23NO2/c1-12-6-8-17(15(12)11-18)10-13-7-9-19-16-5-3-2-4-14(13)16/h2-5,12-13,15,18H,6-11H2,1H3. The third kappa shape index (κ3) is 2.49. The predicted molar refractivity (Wildman–Crippen MR) is 75.5 cm³/mol. The van der Waals surface area contributed by atoms with Gasteiger partial charge in [-0.25, -0.2) is 0 Å². The molecule has 104 valence electrons. The Labute approximate surface area is 115 Å². The lowest BCUT2D eigenvalue weighted by molar-refractivity contribution is 0.126. The number of fused-ring (bicyclic) bond motifs is 1. The second-order valence-electron chi connectivity index (χ2n) is 5.88. The van der Waals surface area contributed by atoms with Gasteiger partial charge in [-0.2, -0.15) is 0 Å². The van der Waals surface area contributed by atoms with Crippen molar-refractivity contribution in [3.8, 4) is 5.75 Å². The minimum atomic E-state index is 0.284. The third-order valence-electron chi connectivity index (χ3n) is 4.72. The molecule has 3 heteroatoms. The van der Waals surface area contributed by atoms with Crippen LogP contribution in [0.25, 0.3) is 0 Å². The minimum absolute atomic E-state index is 0.284. The van der Waals surface area contributed by atoms with Crippen molar-refractivity contribution in [2.75, 3.05) is 26.3 Å². The van der Waals surface area contributed by atoms with E-state index in [-0.39, 0.29) is 6.61 Å². The van der Waals surface area contributed by atoms with Crippen LogP contribution in [-0.2, 0) is 0 Å². The number of likely N-dealkylation sites (tertiary alicyclic amines) is 1. The summed E-state index contributed by atoms with van der Waals surface area (Å²) in [6.07, 6.45) is 2.29. The highest BCUT2D eigenvalue weighted by Gasteiger charge is 2.33. The topological polar surface area (TPSA) is 32.7 Å². The Morgan fingerprint density at radius 2 is 2.16 bits per heavy atom. The fourth-order valence-electron chi connectivity index (χ4n) is 3.50. The largest absolute Gasteiger partial charge is 0.493 e.